The summed E-state index contributed by atoms with van der Waals surface area (Å²) in [6.45, 7) is 4.25. The zero-order valence-electron chi connectivity index (χ0n) is 14.9. The standard InChI is InChI=1S/C21H18F2N2OS/c1-13(2)15-6-3-14(4-7-15)5-10-20(26)25-21-24-19(12-27-21)17-9-8-16(22)11-18(17)23/h3-13H,1-2H3,(H,24,25,26). The minimum Gasteiger partial charge on any atom is -0.298 e. The number of anilines is 1. The Morgan fingerprint density at radius 2 is 1.89 bits per heavy atom. The maximum Gasteiger partial charge on any atom is 0.250 e. The van der Waals surface area contributed by atoms with Crippen molar-refractivity contribution in [2.75, 3.05) is 5.32 Å². The van der Waals surface area contributed by atoms with E-state index in [-0.39, 0.29) is 11.5 Å². The quantitative estimate of drug-likeness (QED) is 0.560. The van der Waals surface area contributed by atoms with Crippen molar-refractivity contribution in [1.29, 1.82) is 0 Å². The molecule has 0 spiro atoms. The van der Waals surface area contributed by atoms with E-state index in [4.69, 9.17) is 0 Å². The van der Waals surface area contributed by atoms with Gasteiger partial charge in [-0.2, -0.15) is 0 Å². The fraction of sp³-hybridized carbons (Fsp3) is 0.143. The van der Waals surface area contributed by atoms with E-state index in [1.807, 2.05) is 24.3 Å². The predicted octanol–water partition coefficient (Wildman–Crippen LogP) is 5.86. The smallest absolute Gasteiger partial charge is 0.250 e. The molecule has 0 aliphatic rings. The van der Waals surface area contributed by atoms with Crippen LogP contribution in [0.5, 0.6) is 0 Å². The summed E-state index contributed by atoms with van der Waals surface area (Å²) < 4.78 is 26.8. The van der Waals surface area contributed by atoms with Gasteiger partial charge in [-0.05, 0) is 35.3 Å². The first-order chi connectivity index (χ1) is 12.9. The highest BCUT2D eigenvalue weighted by atomic mass is 32.1. The fourth-order valence-electron chi connectivity index (χ4n) is 2.46. The molecule has 2 aromatic carbocycles. The molecule has 3 nitrogen and oxygen atoms in total. The van der Waals surface area contributed by atoms with Crippen LogP contribution in [0.25, 0.3) is 17.3 Å². The van der Waals surface area contributed by atoms with Crippen molar-refractivity contribution >= 4 is 28.5 Å². The SMILES string of the molecule is CC(C)c1ccc(C=CC(=O)Nc2nc(-c3ccc(F)cc3F)cs2)cc1. The van der Waals surface area contributed by atoms with E-state index in [0.717, 1.165) is 11.6 Å². The molecule has 0 fully saturated rings. The van der Waals surface area contributed by atoms with Crippen LogP contribution in [0, 0.1) is 11.6 Å². The van der Waals surface area contributed by atoms with Gasteiger partial charge in [0.1, 0.15) is 11.6 Å². The molecule has 1 N–H and O–H groups in total. The molecule has 3 rings (SSSR count). The summed E-state index contributed by atoms with van der Waals surface area (Å²) in [7, 11) is 0. The number of benzene rings is 2. The highest BCUT2D eigenvalue weighted by molar-refractivity contribution is 7.14. The number of amides is 1. The van der Waals surface area contributed by atoms with Crippen molar-refractivity contribution in [2.24, 2.45) is 0 Å². The molecule has 0 radical (unpaired) electrons. The molecule has 0 saturated carbocycles. The van der Waals surface area contributed by atoms with Crippen LogP contribution in [-0.4, -0.2) is 10.9 Å². The van der Waals surface area contributed by atoms with Crippen molar-refractivity contribution in [3.05, 3.63) is 76.7 Å². The third kappa shape index (κ3) is 4.86. The lowest BCUT2D eigenvalue weighted by Gasteiger charge is -2.04. The van der Waals surface area contributed by atoms with Gasteiger partial charge in [0, 0.05) is 23.1 Å². The number of carbonyl (C=O) groups is 1. The van der Waals surface area contributed by atoms with Crippen LogP contribution in [0.15, 0.2) is 53.9 Å². The zero-order valence-corrected chi connectivity index (χ0v) is 15.7. The Bertz CT molecular complexity index is 978. The third-order valence-corrected chi connectivity index (χ3v) is 4.73. The van der Waals surface area contributed by atoms with Crippen molar-refractivity contribution in [1.82, 2.24) is 4.98 Å². The first kappa shape index (κ1) is 18.9. The monoisotopic (exact) mass is 384 g/mol. The average Bonchev–Trinajstić information content (AvgIpc) is 3.08. The highest BCUT2D eigenvalue weighted by Crippen LogP contribution is 2.27. The van der Waals surface area contributed by atoms with Crippen molar-refractivity contribution in [2.45, 2.75) is 19.8 Å². The van der Waals surface area contributed by atoms with Gasteiger partial charge < -0.3 is 0 Å². The number of rotatable bonds is 5. The Labute approximate surface area is 160 Å². The predicted molar refractivity (Wildman–Crippen MR) is 106 cm³/mol. The molecule has 0 unspecified atom stereocenters. The summed E-state index contributed by atoms with van der Waals surface area (Å²) in [5.41, 5.74) is 2.69. The van der Waals surface area contributed by atoms with Gasteiger partial charge in [0.25, 0.3) is 0 Å². The van der Waals surface area contributed by atoms with Crippen LogP contribution in [0.3, 0.4) is 0 Å². The number of hydrogen-bond donors (Lipinski definition) is 1. The average molecular weight is 384 g/mol. The van der Waals surface area contributed by atoms with E-state index in [2.05, 4.69) is 24.1 Å². The van der Waals surface area contributed by atoms with Gasteiger partial charge in [-0.25, -0.2) is 13.8 Å². The Hall–Kier alpha value is -2.86. The van der Waals surface area contributed by atoms with Crippen molar-refractivity contribution in [3.63, 3.8) is 0 Å². The molecule has 1 amide bonds. The molecule has 3 aromatic rings. The Morgan fingerprint density at radius 1 is 1.15 bits per heavy atom. The summed E-state index contributed by atoms with van der Waals surface area (Å²) >= 11 is 1.18. The maximum absolute atomic E-state index is 13.8. The van der Waals surface area contributed by atoms with E-state index in [0.29, 0.717) is 16.7 Å². The summed E-state index contributed by atoms with van der Waals surface area (Å²) in [4.78, 5) is 16.3. The van der Waals surface area contributed by atoms with Crippen LogP contribution in [0.2, 0.25) is 0 Å². The Kier molecular flexibility index (Phi) is 5.76. The van der Waals surface area contributed by atoms with Crippen molar-refractivity contribution in [3.8, 4) is 11.3 Å². The van der Waals surface area contributed by atoms with Crippen LogP contribution in [-0.2, 0) is 4.79 Å². The minimum absolute atomic E-state index is 0.189. The van der Waals surface area contributed by atoms with Gasteiger partial charge >= 0.3 is 0 Å². The van der Waals surface area contributed by atoms with Crippen molar-refractivity contribution < 1.29 is 13.6 Å². The van der Waals surface area contributed by atoms with E-state index in [1.54, 1.807) is 11.5 Å². The first-order valence-corrected chi connectivity index (χ1v) is 9.30. The van der Waals surface area contributed by atoms with Crippen LogP contribution in [0.1, 0.15) is 30.9 Å². The first-order valence-electron chi connectivity index (χ1n) is 8.42. The number of halogens is 2. The molecule has 0 bridgehead atoms. The minimum atomic E-state index is -0.692. The van der Waals surface area contributed by atoms with Gasteiger partial charge in [-0.3, -0.25) is 10.1 Å². The molecule has 138 valence electrons. The molecule has 1 aromatic heterocycles. The number of aromatic nitrogens is 1. The lowest BCUT2D eigenvalue weighted by Crippen LogP contribution is -2.07. The van der Waals surface area contributed by atoms with Gasteiger partial charge in [0.2, 0.25) is 5.91 Å². The van der Waals surface area contributed by atoms with Gasteiger partial charge in [-0.15, -0.1) is 11.3 Å². The highest BCUT2D eigenvalue weighted by Gasteiger charge is 2.11. The number of nitrogens with one attached hydrogen (secondary N) is 1. The molecular formula is C21H18F2N2OS. The topological polar surface area (TPSA) is 42.0 Å². The molecular weight excluding hydrogens is 366 g/mol. The van der Waals surface area contributed by atoms with Gasteiger partial charge in [0.05, 0.1) is 5.69 Å². The second kappa shape index (κ2) is 8.22. The summed E-state index contributed by atoms with van der Waals surface area (Å²) in [5.74, 6) is -1.21. The van der Waals surface area contributed by atoms with Crippen LogP contribution in [0.4, 0.5) is 13.9 Å². The number of thiazole rings is 1. The molecule has 0 atom stereocenters. The molecule has 1 heterocycles. The fourth-order valence-corrected chi connectivity index (χ4v) is 3.18. The number of carbonyl (C=O) groups excluding carboxylic acids is 1. The molecule has 6 heteroatoms. The second-order valence-corrected chi connectivity index (χ2v) is 7.16. The zero-order chi connectivity index (χ0) is 19.4. The molecule has 0 saturated heterocycles. The lowest BCUT2D eigenvalue weighted by molar-refractivity contribution is -0.111. The van der Waals surface area contributed by atoms with E-state index >= 15 is 0 Å². The molecule has 0 aliphatic heterocycles. The third-order valence-electron chi connectivity index (χ3n) is 3.97. The lowest BCUT2D eigenvalue weighted by atomic mass is 10.0. The summed E-state index contributed by atoms with van der Waals surface area (Å²) in [6, 6.07) is 11.3. The number of hydrogen-bond acceptors (Lipinski definition) is 3. The number of nitrogens with zero attached hydrogens (tertiary/aromatic N) is 1. The van der Waals surface area contributed by atoms with E-state index < -0.39 is 11.6 Å². The van der Waals surface area contributed by atoms with Gasteiger partial charge in [-0.1, -0.05) is 38.1 Å². The van der Waals surface area contributed by atoms with E-state index in [1.165, 1.54) is 35.1 Å². The summed E-state index contributed by atoms with van der Waals surface area (Å²) in [5, 5.41) is 4.61. The Balaban J connectivity index is 1.65. The molecule has 27 heavy (non-hydrogen) atoms. The normalized spacial score (nSPS) is 11.3. The maximum atomic E-state index is 13.8. The largest absolute Gasteiger partial charge is 0.298 e. The Morgan fingerprint density at radius 3 is 2.56 bits per heavy atom. The van der Waals surface area contributed by atoms with E-state index in [9.17, 15) is 13.6 Å². The van der Waals surface area contributed by atoms with Gasteiger partial charge in [0.15, 0.2) is 5.13 Å². The molecule has 0 aliphatic carbocycles. The second-order valence-electron chi connectivity index (χ2n) is 6.31. The van der Waals surface area contributed by atoms with Crippen LogP contribution >= 0.6 is 11.3 Å². The summed E-state index contributed by atoms with van der Waals surface area (Å²) in [6.07, 6.45) is 3.14. The van der Waals surface area contributed by atoms with Crippen LogP contribution < -0.4 is 5.32 Å².